The van der Waals surface area contributed by atoms with E-state index in [1.807, 2.05) is 25.7 Å². The Bertz CT molecular complexity index is 498. The fourth-order valence-electron chi connectivity index (χ4n) is 1.90. The summed E-state index contributed by atoms with van der Waals surface area (Å²) in [5.41, 5.74) is 2.13. The number of rotatable bonds is 4. The number of aryl methyl sites for hydroxylation is 3. The molecule has 0 spiro atoms. The average Bonchev–Trinajstić information content (AvgIpc) is 2.82. The van der Waals surface area contributed by atoms with Crippen LogP contribution in [0, 0.1) is 6.92 Å². The van der Waals surface area contributed by atoms with Crippen LogP contribution in [0.3, 0.4) is 0 Å². The van der Waals surface area contributed by atoms with Gasteiger partial charge in [0, 0.05) is 13.5 Å². The highest BCUT2D eigenvalue weighted by molar-refractivity contribution is 5.14. The molecule has 0 radical (unpaired) electrons. The van der Waals surface area contributed by atoms with Crippen LogP contribution in [-0.4, -0.2) is 37.0 Å². The Hall–Kier alpha value is -1.76. The van der Waals surface area contributed by atoms with Gasteiger partial charge in [0.1, 0.15) is 0 Å². The van der Waals surface area contributed by atoms with Gasteiger partial charge < -0.3 is 5.32 Å². The molecule has 0 fully saturated rings. The van der Waals surface area contributed by atoms with Crippen molar-refractivity contribution in [3.8, 4) is 0 Å². The maximum atomic E-state index is 4.34. The van der Waals surface area contributed by atoms with Gasteiger partial charge in [0.05, 0.1) is 24.5 Å². The smallest absolute Gasteiger partial charge is 0.176 e. The summed E-state index contributed by atoms with van der Waals surface area (Å²) in [5, 5.41) is 19.6. The SMILES string of the molecule is CNC(Cc1nnn(C)n1)c1cc(C)nn1C. The second kappa shape index (κ2) is 4.62. The first-order valence-electron chi connectivity index (χ1n) is 5.51. The predicted octanol–water partition coefficient (Wildman–Crippen LogP) is -0.245. The molecule has 2 rings (SSSR count). The predicted molar refractivity (Wildman–Crippen MR) is 62.2 cm³/mol. The van der Waals surface area contributed by atoms with Crippen molar-refractivity contribution in [1.29, 1.82) is 0 Å². The van der Waals surface area contributed by atoms with Crippen molar-refractivity contribution < 1.29 is 0 Å². The first kappa shape index (κ1) is 11.7. The number of hydrogen-bond acceptors (Lipinski definition) is 5. The van der Waals surface area contributed by atoms with Crippen molar-refractivity contribution in [2.45, 2.75) is 19.4 Å². The summed E-state index contributed by atoms with van der Waals surface area (Å²) in [4.78, 5) is 1.47. The fourth-order valence-corrected chi connectivity index (χ4v) is 1.90. The third-order valence-electron chi connectivity index (χ3n) is 2.68. The van der Waals surface area contributed by atoms with Gasteiger partial charge in [-0.3, -0.25) is 4.68 Å². The number of likely N-dealkylation sites (N-methyl/N-ethyl adjacent to an activating group) is 1. The summed E-state index contributed by atoms with van der Waals surface area (Å²) < 4.78 is 1.88. The molecule has 0 saturated heterocycles. The second-order valence-corrected chi connectivity index (χ2v) is 4.07. The lowest BCUT2D eigenvalue weighted by atomic mass is 10.1. The Kier molecular flexibility index (Phi) is 3.19. The molecule has 92 valence electrons. The molecule has 0 aliphatic carbocycles. The van der Waals surface area contributed by atoms with Crippen LogP contribution < -0.4 is 5.32 Å². The van der Waals surface area contributed by atoms with Crippen LogP contribution in [0.4, 0.5) is 0 Å². The molecule has 2 aromatic rings. The lowest BCUT2D eigenvalue weighted by Gasteiger charge is -2.14. The van der Waals surface area contributed by atoms with Gasteiger partial charge in [-0.15, -0.1) is 10.2 Å². The van der Waals surface area contributed by atoms with E-state index < -0.39 is 0 Å². The minimum Gasteiger partial charge on any atom is -0.311 e. The zero-order chi connectivity index (χ0) is 12.4. The highest BCUT2D eigenvalue weighted by atomic mass is 15.6. The van der Waals surface area contributed by atoms with Crippen LogP contribution in [-0.2, 0) is 20.5 Å². The summed E-state index contributed by atoms with van der Waals surface area (Å²) in [5.74, 6) is 0.728. The zero-order valence-corrected chi connectivity index (χ0v) is 10.5. The van der Waals surface area contributed by atoms with Crippen LogP contribution in [0.15, 0.2) is 6.07 Å². The number of aromatic nitrogens is 6. The lowest BCUT2D eigenvalue weighted by Crippen LogP contribution is -2.22. The van der Waals surface area contributed by atoms with Crippen molar-refractivity contribution >= 4 is 0 Å². The fraction of sp³-hybridized carbons (Fsp3) is 0.600. The minimum atomic E-state index is 0.144. The Morgan fingerprint density at radius 3 is 2.59 bits per heavy atom. The third kappa shape index (κ3) is 2.50. The van der Waals surface area contributed by atoms with Crippen molar-refractivity contribution in [2.24, 2.45) is 14.1 Å². The lowest BCUT2D eigenvalue weighted by molar-refractivity contribution is 0.524. The van der Waals surface area contributed by atoms with Gasteiger partial charge in [-0.05, 0) is 25.3 Å². The summed E-state index contributed by atoms with van der Waals surface area (Å²) in [6.07, 6.45) is 0.698. The maximum Gasteiger partial charge on any atom is 0.176 e. The number of tetrazole rings is 1. The molecule has 0 amide bonds. The Morgan fingerprint density at radius 1 is 1.35 bits per heavy atom. The highest BCUT2D eigenvalue weighted by Crippen LogP contribution is 2.16. The molecule has 17 heavy (non-hydrogen) atoms. The molecule has 0 aromatic carbocycles. The van der Waals surface area contributed by atoms with Gasteiger partial charge in [-0.1, -0.05) is 0 Å². The standard InChI is InChI=1S/C10H17N7/c1-7-5-9(16(3)13-7)8(11-2)6-10-12-15-17(4)14-10/h5,8,11H,6H2,1-4H3. The molecule has 0 saturated carbocycles. The van der Waals surface area contributed by atoms with E-state index in [4.69, 9.17) is 0 Å². The van der Waals surface area contributed by atoms with E-state index in [2.05, 4.69) is 31.9 Å². The molecule has 2 aromatic heterocycles. The summed E-state index contributed by atoms with van der Waals surface area (Å²) in [6.45, 7) is 1.98. The van der Waals surface area contributed by atoms with Crippen molar-refractivity contribution in [3.63, 3.8) is 0 Å². The van der Waals surface area contributed by atoms with Crippen LogP contribution in [0.1, 0.15) is 23.3 Å². The summed E-state index contributed by atoms with van der Waals surface area (Å²) >= 11 is 0. The minimum absolute atomic E-state index is 0.144. The molecule has 2 heterocycles. The van der Waals surface area contributed by atoms with Gasteiger partial charge in [-0.2, -0.15) is 9.90 Å². The summed E-state index contributed by atoms with van der Waals surface area (Å²) in [7, 11) is 5.62. The first-order chi connectivity index (χ1) is 8.10. The van der Waals surface area contributed by atoms with Crippen LogP contribution in [0.25, 0.3) is 0 Å². The molecule has 1 atom stereocenters. The van der Waals surface area contributed by atoms with Crippen molar-refractivity contribution in [1.82, 2.24) is 35.3 Å². The number of nitrogens with zero attached hydrogens (tertiary/aromatic N) is 6. The Labute approximate surface area is 99.8 Å². The Morgan fingerprint density at radius 2 is 2.12 bits per heavy atom. The van der Waals surface area contributed by atoms with Crippen LogP contribution in [0.2, 0.25) is 0 Å². The Balaban J connectivity index is 2.19. The molecule has 0 aliphatic rings. The first-order valence-corrected chi connectivity index (χ1v) is 5.51. The van der Waals surface area contributed by atoms with E-state index in [0.29, 0.717) is 6.42 Å². The van der Waals surface area contributed by atoms with Gasteiger partial charge in [0.2, 0.25) is 0 Å². The molecular formula is C10H17N7. The quantitative estimate of drug-likeness (QED) is 0.791. The molecule has 7 heteroatoms. The van der Waals surface area contributed by atoms with E-state index in [9.17, 15) is 0 Å². The molecule has 1 N–H and O–H groups in total. The number of nitrogens with one attached hydrogen (secondary N) is 1. The molecule has 0 aliphatic heterocycles. The normalized spacial score (nSPS) is 12.9. The van der Waals surface area contributed by atoms with Gasteiger partial charge in [0.15, 0.2) is 5.82 Å². The van der Waals surface area contributed by atoms with Gasteiger partial charge >= 0.3 is 0 Å². The molecule has 1 unspecified atom stereocenters. The van der Waals surface area contributed by atoms with E-state index in [-0.39, 0.29) is 6.04 Å². The van der Waals surface area contributed by atoms with Crippen molar-refractivity contribution in [2.75, 3.05) is 7.05 Å². The van der Waals surface area contributed by atoms with Crippen LogP contribution in [0.5, 0.6) is 0 Å². The largest absolute Gasteiger partial charge is 0.311 e. The zero-order valence-electron chi connectivity index (χ0n) is 10.5. The van der Waals surface area contributed by atoms with Gasteiger partial charge in [-0.25, -0.2) is 0 Å². The van der Waals surface area contributed by atoms with Crippen LogP contribution >= 0.6 is 0 Å². The molecular weight excluding hydrogens is 218 g/mol. The maximum absolute atomic E-state index is 4.34. The highest BCUT2D eigenvalue weighted by Gasteiger charge is 2.17. The second-order valence-electron chi connectivity index (χ2n) is 4.07. The van der Waals surface area contributed by atoms with E-state index in [0.717, 1.165) is 17.2 Å². The average molecular weight is 235 g/mol. The van der Waals surface area contributed by atoms with Gasteiger partial charge in [0.25, 0.3) is 0 Å². The topological polar surface area (TPSA) is 73.5 Å². The third-order valence-corrected chi connectivity index (χ3v) is 2.68. The van der Waals surface area contributed by atoms with E-state index >= 15 is 0 Å². The van der Waals surface area contributed by atoms with Crippen molar-refractivity contribution in [3.05, 3.63) is 23.3 Å². The van der Waals surface area contributed by atoms with E-state index in [1.54, 1.807) is 7.05 Å². The molecule has 0 bridgehead atoms. The summed E-state index contributed by atoms with van der Waals surface area (Å²) in [6, 6.07) is 2.21. The number of hydrogen-bond donors (Lipinski definition) is 1. The van der Waals surface area contributed by atoms with E-state index in [1.165, 1.54) is 4.80 Å². The monoisotopic (exact) mass is 235 g/mol. The molecule has 7 nitrogen and oxygen atoms in total.